The number of methoxy groups -OCH3 is 1. The number of nitrogens with one attached hydrogen (secondary N) is 1. The van der Waals surface area contributed by atoms with E-state index in [-0.39, 0.29) is 5.97 Å². The van der Waals surface area contributed by atoms with Crippen molar-refractivity contribution in [1.82, 2.24) is 10.2 Å². The first-order chi connectivity index (χ1) is 10.1. The van der Waals surface area contributed by atoms with Gasteiger partial charge in [-0.05, 0) is 59.2 Å². The maximum absolute atomic E-state index is 11.8. The van der Waals surface area contributed by atoms with Crippen LogP contribution in [0.25, 0.3) is 0 Å². The normalized spacial score (nSPS) is 21.5. The van der Waals surface area contributed by atoms with Crippen molar-refractivity contribution in [2.75, 3.05) is 40.4 Å². The standard InChI is InChI=1S/C16H32N2O3/c1-5-18(13-14-9-8-12-21-14)11-7-6-10-16(2,17-3)15(19)20-4/h14,17H,5-13H2,1-4H3. The van der Waals surface area contributed by atoms with Crippen molar-refractivity contribution in [3.05, 3.63) is 0 Å². The van der Waals surface area contributed by atoms with Gasteiger partial charge in [-0.2, -0.15) is 0 Å². The molecule has 2 unspecified atom stereocenters. The SMILES string of the molecule is CCN(CCCCC(C)(NC)C(=O)OC)CC1CCCO1. The largest absolute Gasteiger partial charge is 0.468 e. The Kier molecular flexibility index (Phi) is 8.22. The van der Waals surface area contributed by atoms with Gasteiger partial charge in [0, 0.05) is 13.2 Å². The van der Waals surface area contributed by atoms with Crippen LogP contribution >= 0.6 is 0 Å². The molecule has 0 saturated carbocycles. The number of rotatable bonds is 10. The van der Waals surface area contributed by atoms with E-state index in [0.29, 0.717) is 6.10 Å². The molecule has 0 aromatic carbocycles. The fraction of sp³-hybridized carbons (Fsp3) is 0.938. The van der Waals surface area contributed by atoms with Crippen LogP contribution in [0, 0.1) is 0 Å². The molecule has 5 heteroatoms. The van der Waals surface area contributed by atoms with Crippen LogP contribution in [0.5, 0.6) is 0 Å². The average molecular weight is 300 g/mol. The van der Waals surface area contributed by atoms with Gasteiger partial charge < -0.3 is 19.7 Å². The molecule has 1 fully saturated rings. The van der Waals surface area contributed by atoms with Crippen LogP contribution in [0.2, 0.25) is 0 Å². The van der Waals surface area contributed by atoms with Crippen LogP contribution in [0.15, 0.2) is 0 Å². The Hall–Kier alpha value is -0.650. The number of nitrogens with zero attached hydrogens (tertiary/aromatic N) is 1. The van der Waals surface area contributed by atoms with Gasteiger partial charge in [-0.1, -0.05) is 6.92 Å². The van der Waals surface area contributed by atoms with E-state index in [9.17, 15) is 4.79 Å². The molecule has 0 amide bonds. The number of esters is 1. The molecular formula is C16H32N2O3. The fourth-order valence-corrected chi connectivity index (χ4v) is 2.82. The summed E-state index contributed by atoms with van der Waals surface area (Å²) in [6.07, 6.45) is 5.71. The minimum atomic E-state index is -0.569. The zero-order valence-corrected chi connectivity index (χ0v) is 14.1. The van der Waals surface area contributed by atoms with Crippen LogP contribution in [-0.2, 0) is 14.3 Å². The lowest BCUT2D eigenvalue weighted by Gasteiger charge is -2.27. The van der Waals surface area contributed by atoms with Crippen molar-refractivity contribution in [2.45, 2.75) is 57.6 Å². The Morgan fingerprint density at radius 2 is 2.24 bits per heavy atom. The summed E-state index contributed by atoms with van der Waals surface area (Å²) in [7, 11) is 3.26. The summed E-state index contributed by atoms with van der Waals surface area (Å²) in [4.78, 5) is 14.2. The van der Waals surface area contributed by atoms with Gasteiger partial charge in [0.1, 0.15) is 5.54 Å². The lowest BCUT2D eigenvalue weighted by molar-refractivity contribution is -0.148. The van der Waals surface area contributed by atoms with E-state index in [1.807, 2.05) is 14.0 Å². The number of hydrogen-bond donors (Lipinski definition) is 1. The third-order valence-corrected chi connectivity index (χ3v) is 4.52. The Labute approximate surface area is 129 Å². The molecule has 1 rings (SSSR count). The molecule has 1 aliphatic rings. The predicted molar refractivity (Wildman–Crippen MR) is 84.4 cm³/mol. The quantitative estimate of drug-likeness (QED) is 0.492. The van der Waals surface area contributed by atoms with Gasteiger partial charge in [-0.25, -0.2) is 0 Å². The van der Waals surface area contributed by atoms with Crippen LogP contribution in [0.1, 0.15) is 46.0 Å². The monoisotopic (exact) mass is 300 g/mol. The molecular weight excluding hydrogens is 268 g/mol. The van der Waals surface area contributed by atoms with Crippen molar-refractivity contribution < 1.29 is 14.3 Å². The smallest absolute Gasteiger partial charge is 0.325 e. The van der Waals surface area contributed by atoms with Crippen LogP contribution < -0.4 is 5.32 Å². The van der Waals surface area contributed by atoms with E-state index in [1.165, 1.54) is 20.0 Å². The van der Waals surface area contributed by atoms with E-state index in [2.05, 4.69) is 17.1 Å². The van der Waals surface area contributed by atoms with E-state index >= 15 is 0 Å². The number of likely N-dealkylation sites (N-methyl/N-ethyl adjacent to an activating group) is 2. The number of carbonyl (C=O) groups excluding carboxylic acids is 1. The second kappa shape index (κ2) is 9.38. The van der Waals surface area contributed by atoms with Crippen molar-refractivity contribution in [3.8, 4) is 0 Å². The summed E-state index contributed by atoms with van der Waals surface area (Å²) < 4.78 is 10.6. The van der Waals surface area contributed by atoms with Crippen molar-refractivity contribution in [2.24, 2.45) is 0 Å². The molecule has 5 nitrogen and oxygen atoms in total. The molecule has 2 atom stereocenters. The van der Waals surface area contributed by atoms with Crippen LogP contribution in [-0.4, -0.2) is 62.9 Å². The van der Waals surface area contributed by atoms with E-state index in [1.54, 1.807) is 0 Å². The molecule has 0 spiro atoms. The number of carbonyl (C=O) groups is 1. The highest BCUT2D eigenvalue weighted by Gasteiger charge is 2.31. The molecule has 1 aliphatic heterocycles. The first-order valence-electron chi connectivity index (χ1n) is 8.17. The number of hydrogen-bond acceptors (Lipinski definition) is 5. The Morgan fingerprint density at radius 3 is 2.76 bits per heavy atom. The maximum atomic E-state index is 11.8. The summed E-state index contributed by atoms with van der Waals surface area (Å²) in [5, 5.41) is 3.08. The van der Waals surface area contributed by atoms with Crippen molar-refractivity contribution in [3.63, 3.8) is 0 Å². The molecule has 0 aromatic rings. The lowest BCUT2D eigenvalue weighted by atomic mass is 9.95. The van der Waals surface area contributed by atoms with Crippen molar-refractivity contribution >= 4 is 5.97 Å². The summed E-state index contributed by atoms with van der Waals surface area (Å²) in [5.41, 5.74) is -0.569. The predicted octanol–water partition coefficient (Wildman–Crippen LogP) is 1.81. The average Bonchev–Trinajstić information content (AvgIpc) is 3.02. The van der Waals surface area contributed by atoms with Gasteiger partial charge in [0.15, 0.2) is 0 Å². The van der Waals surface area contributed by atoms with Gasteiger partial charge in [0.25, 0.3) is 0 Å². The van der Waals surface area contributed by atoms with Gasteiger partial charge in [-0.15, -0.1) is 0 Å². The second-order valence-corrected chi connectivity index (χ2v) is 6.06. The molecule has 21 heavy (non-hydrogen) atoms. The zero-order chi connectivity index (χ0) is 15.7. The molecule has 124 valence electrons. The molecule has 1 N–H and O–H groups in total. The number of unbranched alkanes of at least 4 members (excludes halogenated alkanes) is 1. The lowest BCUT2D eigenvalue weighted by Crippen LogP contribution is -2.48. The fourth-order valence-electron chi connectivity index (χ4n) is 2.82. The van der Waals surface area contributed by atoms with E-state index < -0.39 is 5.54 Å². The molecule has 0 aliphatic carbocycles. The Morgan fingerprint density at radius 1 is 1.48 bits per heavy atom. The van der Waals surface area contributed by atoms with Crippen molar-refractivity contribution in [1.29, 1.82) is 0 Å². The van der Waals surface area contributed by atoms with Gasteiger partial charge in [0.05, 0.1) is 13.2 Å². The zero-order valence-electron chi connectivity index (χ0n) is 14.1. The highest BCUT2D eigenvalue weighted by atomic mass is 16.5. The first kappa shape index (κ1) is 18.4. The highest BCUT2D eigenvalue weighted by Crippen LogP contribution is 2.17. The van der Waals surface area contributed by atoms with Gasteiger partial charge >= 0.3 is 5.97 Å². The third-order valence-electron chi connectivity index (χ3n) is 4.52. The van der Waals surface area contributed by atoms with Crippen LogP contribution in [0.4, 0.5) is 0 Å². The summed E-state index contributed by atoms with van der Waals surface area (Å²) >= 11 is 0. The second-order valence-electron chi connectivity index (χ2n) is 6.06. The first-order valence-corrected chi connectivity index (χ1v) is 8.17. The van der Waals surface area contributed by atoms with E-state index in [4.69, 9.17) is 9.47 Å². The minimum Gasteiger partial charge on any atom is -0.468 e. The third kappa shape index (κ3) is 5.93. The molecule has 1 saturated heterocycles. The summed E-state index contributed by atoms with van der Waals surface area (Å²) in [6, 6.07) is 0. The maximum Gasteiger partial charge on any atom is 0.325 e. The molecule has 0 radical (unpaired) electrons. The number of ether oxygens (including phenoxy) is 2. The van der Waals surface area contributed by atoms with Gasteiger partial charge in [-0.3, -0.25) is 4.79 Å². The Bertz CT molecular complexity index is 306. The van der Waals surface area contributed by atoms with Gasteiger partial charge in [0.2, 0.25) is 0 Å². The summed E-state index contributed by atoms with van der Waals surface area (Å²) in [5.74, 6) is -0.184. The molecule has 0 bridgehead atoms. The molecule has 0 aromatic heterocycles. The van der Waals surface area contributed by atoms with E-state index in [0.717, 1.165) is 45.5 Å². The highest BCUT2D eigenvalue weighted by molar-refractivity contribution is 5.80. The van der Waals surface area contributed by atoms with Crippen LogP contribution in [0.3, 0.4) is 0 Å². The minimum absolute atomic E-state index is 0.184. The molecule has 1 heterocycles. The summed E-state index contributed by atoms with van der Waals surface area (Å²) in [6.45, 7) is 8.18. The topological polar surface area (TPSA) is 50.8 Å². The Balaban J connectivity index is 2.25.